The van der Waals surface area contributed by atoms with Crippen LogP contribution in [0.15, 0.2) is 38.1 Å². The van der Waals surface area contributed by atoms with Gasteiger partial charge in [0.2, 0.25) is 5.91 Å². The van der Waals surface area contributed by atoms with Gasteiger partial charge in [0.1, 0.15) is 11.4 Å². The minimum absolute atomic E-state index is 0.0901. The summed E-state index contributed by atoms with van der Waals surface area (Å²) in [7, 11) is 0. The minimum Gasteiger partial charge on any atom is -0.408 e. The van der Waals surface area contributed by atoms with Gasteiger partial charge in [-0.15, -0.1) is 0 Å². The quantitative estimate of drug-likeness (QED) is 0.733. The van der Waals surface area contributed by atoms with Gasteiger partial charge in [0.15, 0.2) is 5.58 Å². The van der Waals surface area contributed by atoms with Gasteiger partial charge >= 0.3 is 5.76 Å². The SMILES string of the molecule is CC[C@H](Cn1c(=O)oc2ccccc21)NC(=O)Cc1nonc1C. The van der Waals surface area contributed by atoms with E-state index >= 15 is 0 Å². The third-order valence-corrected chi connectivity index (χ3v) is 3.91. The van der Waals surface area contributed by atoms with Gasteiger partial charge in [-0.3, -0.25) is 9.36 Å². The number of carbonyl (C=O) groups is 1. The number of rotatable bonds is 6. The van der Waals surface area contributed by atoms with E-state index in [-0.39, 0.29) is 18.4 Å². The summed E-state index contributed by atoms with van der Waals surface area (Å²) in [6, 6.07) is 7.01. The minimum atomic E-state index is -0.430. The first kappa shape index (κ1) is 16.0. The highest BCUT2D eigenvalue weighted by Gasteiger charge is 2.17. The second-order valence-corrected chi connectivity index (χ2v) is 5.59. The monoisotopic (exact) mass is 330 g/mol. The molecule has 0 saturated carbocycles. The average Bonchev–Trinajstić information content (AvgIpc) is 3.10. The van der Waals surface area contributed by atoms with Crippen molar-refractivity contribution < 1.29 is 13.8 Å². The Morgan fingerprint density at radius 3 is 2.83 bits per heavy atom. The molecule has 2 heterocycles. The van der Waals surface area contributed by atoms with E-state index in [0.29, 0.717) is 35.5 Å². The summed E-state index contributed by atoms with van der Waals surface area (Å²) in [6.07, 6.45) is 0.764. The van der Waals surface area contributed by atoms with E-state index in [9.17, 15) is 9.59 Å². The lowest BCUT2D eigenvalue weighted by molar-refractivity contribution is -0.121. The maximum Gasteiger partial charge on any atom is 0.420 e. The molecule has 1 amide bonds. The van der Waals surface area contributed by atoms with Crippen molar-refractivity contribution in [2.45, 2.75) is 39.3 Å². The van der Waals surface area contributed by atoms with Crippen molar-refractivity contribution in [1.82, 2.24) is 20.2 Å². The molecule has 3 aromatic rings. The third-order valence-electron chi connectivity index (χ3n) is 3.91. The largest absolute Gasteiger partial charge is 0.420 e. The summed E-state index contributed by atoms with van der Waals surface area (Å²) < 4.78 is 11.3. The highest BCUT2D eigenvalue weighted by atomic mass is 16.6. The number of fused-ring (bicyclic) bond motifs is 1. The molecule has 0 aliphatic heterocycles. The Labute approximate surface area is 137 Å². The Kier molecular flexibility index (Phi) is 4.45. The molecule has 24 heavy (non-hydrogen) atoms. The highest BCUT2D eigenvalue weighted by Crippen LogP contribution is 2.12. The topological polar surface area (TPSA) is 103 Å². The molecule has 0 saturated heterocycles. The number of hydrogen-bond donors (Lipinski definition) is 1. The summed E-state index contributed by atoms with van der Waals surface area (Å²) in [6.45, 7) is 4.02. The zero-order chi connectivity index (χ0) is 17.1. The first-order chi connectivity index (χ1) is 11.6. The van der Waals surface area contributed by atoms with Gasteiger partial charge < -0.3 is 9.73 Å². The van der Waals surface area contributed by atoms with Crippen LogP contribution in [-0.2, 0) is 17.8 Å². The number of para-hydroxylation sites is 2. The van der Waals surface area contributed by atoms with Crippen LogP contribution in [0, 0.1) is 6.92 Å². The van der Waals surface area contributed by atoms with Crippen LogP contribution < -0.4 is 11.1 Å². The van der Waals surface area contributed by atoms with Crippen LogP contribution in [0.5, 0.6) is 0 Å². The number of aromatic nitrogens is 3. The predicted octanol–water partition coefficient (Wildman–Crippen LogP) is 1.42. The Morgan fingerprint density at radius 2 is 2.12 bits per heavy atom. The maximum absolute atomic E-state index is 12.2. The first-order valence-corrected chi connectivity index (χ1v) is 7.74. The van der Waals surface area contributed by atoms with Crippen molar-refractivity contribution in [3.63, 3.8) is 0 Å². The molecule has 1 N–H and O–H groups in total. The molecule has 3 rings (SSSR count). The van der Waals surface area contributed by atoms with Crippen molar-refractivity contribution in [1.29, 1.82) is 0 Å². The second kappa shape index (κ2) is 6.69. The fourth-order valence-corrected chi connectivity index (χ4v) is 2.52. The maximum atomic E-state index is 12.2. The molecule has 1 aromatic carbocycles. The van der Waals surface area contributed by atoms with E-state index in [1.165, 1.54) is 4.57 Å². The lowest BCUT2D eigenvalue weighted by Crippen LogP contribution is -2.40. The van der Waals surface area contributed by atoms with Gasteiger partial charge in [0.25, 0.3) is 0 Å². The van der Waals surface area contributed by atoms with Crippen LogP contribution >= 0.6 is 0 Å². The predicted molar refractivity (Wildman–Crippen MR) is 85.4 cm³/mol. The van der Waals surface area contributed by atoms with E-state index in [2.05, 4.69) is 20.3 Å². The Morgan fingerprint density at radius 1 is 1.33 bits per heavy atom. The van der Waals surface area contributed by atoms with Crippen LogP contribution in [0.25, 0.3) is 11.1 Å². The Bertz CT molecular complexity index is 908. The van der Waals surface area contributed by atoms with Crippen LogP contribution in [0.4, 0.5) is 0 Å². The van der Waals surface area contributed by atoms with E-state index in [1.807, 2.05) is 25.1 Å². The molecular formula is C16H18N4O4. The fourth-order valence-electron chi connectivity index (χ4n) is 2.52. The molecule has 0 aliphatic rings. The highest BCUT2D eigenvalue weighted by molar-refractivity contribution is 5.78. The molecule has 0 spiro atoms. The average molecular weight is 330 g/mol. The van der Waals surface area contributed by atoms with E-state index in [1.54, 1.807) is 13.0 Å². The molecule has 0 bridgehead atoms. The van der Waals surface area contributed by atoms with E-state index in [4.69, 9.17) is 4.42 Å². The zero-order valence-corrected chi connectivity index (χ0v) is 13.5. The molecule has 8 heteroatoms. The van der Waals surface area contributed by atoms with Gasteiger partial charge in [-0.1, -0.05) is 29.4 Å². The third kappa shape index (κ3) is 3.22. The number of hydrogen-bond acceptors (Lipinski definition) is 6. The molecule has 0 unspecified atom stereocenters. The van der Waals surface area contributed by atoms with Gasteiger partial charge in [0, 0.05) is 12.6 Å². The summed E-state index contributed by atoms with van der Waals surface area (Å²) in [5, 5.41) is 10.3. The smallest absolute Gasteiger partial charge is 0.408 e. The summed E-state index contributed by atoms with van der Waals surface area (Å²) in [4.78, 5) is 24.2. The van der Waals surface area contributed by atoms with Crippen LogP contribution in [0.1, 0.15) is 24.7 Å². The number of aryl methyl sites for hydroxylation is 1. The number of benzene rings is 1. The molecule has 2 aromatic heterocycles. The molecule has 0 radical (unpaired) electrons. The summed E-state index contributed by atoms with van der Waals surface area (Å²) >= 11 is 0. The summed E-state index contributed by atoms with van der Waals surface area (Å²) in [5.41, 5.74) is 2.35. The van der Waals surface area contributed by atoms with Gasteiger partial charge in [-0.2, -0.15) is 0 Å². The van der Waals surface area contributed by atoms with Crippen molar-refractivity contribution in [3.05, 3.63) is 46.2 Å². The number of nitrogens with one attached hydrogen (secondary N) is 1. The molecule has 1 atom stereocenters. The molecule has 126 valence electrons. The second-order valence-electron chi connectivity index (χ2n) is 5.59. The fraction of sp³-hybridized carbons (Fsp3) is 0.375. The zero-order valence-electron chi connectivity index (χ0n) is 13.5. The Balaban J connectivity index is 1.72. The van der Waals surface area contributed by atoms with Crippen LogP contribution in [0.3, 0.4) is 0 Å². The van der Waals surface area contributed by atoms with E-state index < -0.39 is 5.76 Å². The lowest BCUT2D eigenvalue weighted by Gasteiger charge is -2.17. The van der Waals surface area contributed by atoms with Crippen LogP contribution in [0.2, 0.25) is 0 Å². The number of oxazole rings is 1. The molecule has 0 aliphatic carbocycles. The lowest BCUT2D eigenvalue weighted by atomic mass is 10.2. The van der Waals surface area contributed by atoms with Crippen LogP contribution in [-0.4, -0.2) is 26.8 Å². The van der Waals surface area contributed by atoms with Crippen molar-refractivity contribution >= 4 is 17.0 Å². The first-order valence-electron chi connectivity index (χ1n) is 7.74. The molecule has 0 fully saturated rings. The summed E-state index contributed by atoms with van der Waals surface area (Å²) in [5.74, 6) is -0.623. The number of nitrogens with zero attached hydrogens (tertiary/aromatic N) is 3. The van der Waals surface area contributed by atoms with Gasteiger partial charge in [-0.05, 0) is 25.5 Å². The van der Waals surface area contributed by atoms with Crippen molar-refractivity contribution in [2.24, 2.45) is 0 Å². The van der Waals surface area contributed by atoms with E-state index in [0.717, 1.165) is 0 Å². The number of carbonyl (C=O) groups excluding carboxylic acids is 1. The molecule has 8 nitrogen and oxygen atoms in total. The Hall–Kier alpha value is -2.90. The van der Waals surface area contributed by atoms with Gasteiger partial charge in [0.05, 0.1) is 11.9 Å². The van der Waals surface area contributed by atoms with Crippen molar-refractivity contribution in [2.75, 3.05) is 0 Å². The van der Waals surface area contributed by atoms with Gasteiger partial charge in [-0.25, -0.2) is 9.42 Å². The van der Waals surface area contributed by atoms with Crippen molar-refractivity contribution in [3.8, 4) is 0 Å². The number of amides is 1. The normalized spacial score (nSPS) is 12.4. The standard InChI is InChI=1S/C16H18N4O4/c1-3-11(17-15(21)8-12-10(2)18-24-19-12)9-20-13-6-4-5-7-14(13)23-16(20)22/h4-7,11H,3,8-9H2,1-2H3,(H,17,21)/t11-/m1/s1. The molecular weight excluding hydrogens is 312 g/mol.